The zero-order chi connectivity index (χ0) is 21.8. The highest BCUT2D eigenvalue weighted by Crippen LogP contribution is 2.33. The number of amides is 2. The number of hydrogen-bond acceptors (Lipinski definition) is 2. The summed E-state index contributed by atoms with van der Waals surface area (Å²) in [6.45, 7) is 5.15. The zero-order valence-corrected chi connectivity index (χ0v) is 18.9. The normalized spacial score (nSPS) is 22.1. The summed E-state index contributed by atoms with van der Waals surface area (Å²) in [5.74, 6) is -0.0531. The van der Waals surface area contributed by atoms with E-state index in [9.17, 15) is 9.59 Å². The molecule has 2 aliphatic rings. The number of nitrogens with zero attached hydrogens (tertiary/aromatic N) is 2. The second-order valence-electron chi connectivity index (χ2n) is 9.30. The number of rotatable bonds is 6. The van der Waals surface area contributed by atoms with Gasteiger partial charge >= 0.3 is 0 Å². The summed E-state index contributed by atoms with van der Waals surface area (Å²) in [6, 6.07) is 14.2. The van der Waals surface area contributed by atoms with Gasteiger partial charge in [0.05, 0.1) is 6.54 Å². The molecule has 1 N–H and O–H groups in total. The maximum absolute atomic E-state index is 13.7. The molecule has 4 rings (SSSR count). The average Bonchev–Trinajstić information content (AvgIpc) is 3.02. The minimum absolute atomic E-state index is 0.0118. The van der Waals surface area contributed by atoms with Gasteiger partial charge in [-0.3, -0.25) is 9.59 Å². The van der Waals surface area contributed by atoms with Crippen LogP contribution in [0.2, 0.25) is 0 Å². The van der Waals surface area contributed by atoms with Crippen LogP contribution in [0.1, 0.15) is 75.7 Å². The van der Waals surface area contributed by atoms with Crippen LogP contribution in [0.4, 0.5) is 0 Å². The topological polar surface area (TPSA) is 54.3 Å². The molecule has 0 bridgehead atoms. The largest absolute Gasteiger partial charge is 0.351 e. The fourth-order valence-corrected chi connectivity index (χ4v) is 5.06. The van der Waals surface area contributed by atoms with E-state index in [1.165, 1.54) is 25.7 Å². The van der Waals surface area contributed by atoms with E-state index >= 15 is 0 Å². The number of nitrogens with one attached hydrogen (secondary N) is 1. The van der Waals surface area contributed by atoms with Crippen molar-refractivity contribution in [3.05, 3.63) is 48.2 Å². The van der Waals surface area contributed by atoms with Gasteiger partial charge < -0.3 is 14.8 Å². The smallest absolute Gasteiger partial charge is 0.271 e. The van der Waals surface area contributed by atoms with Crippen LogP contribution < -0.4 is 5.32 Å². The molecular formula is C26H35N3O2. The molecule has 2 amide bonds. The van der Waals surface area contributed by atoms with Crippen molar-refractivity contribution in [3.63, 3.8) is 0 Å². The number of hydrogen-bond donors (Lipinski definition) is 1. The van der Waals surface area contributed by atoms with E-state index in [1.54, 1.807) is 0 Å². The third-order valence-corrected chi connectivity index (χ3v) is 6.99. The van der Waals surface area contributed by atoms with Gasteiger partial charge in [-0.25, -0.2) is 0 Å². The molecule has 0 saturated heterocycles. The molecule has 166 valence electrons. The van der Waals surface area contributed by atoms with Crippen LogP contribution in [0.5, 0.6) is 0 Å². The first-order valence-corrected chi connectivity index (χ1v) is 11.9. The standard InChI is InChI=1S/C26H35N3O2/c1-3-4-18-29-24(30)23-17-16-22(20-12-8-7-9-13-20)28(23)19-26(29,2)25(31)27-21-14-10-5-6-11-15-21/h7-9,12-13,16-17,21H,3-6,10-11,14-15,18-19H2,1-2H3,(H,27,31)/t26-/m0/s1. The van der Waals surface area contributed by atoms with E-state index in [1.807, 2.05) is 46.7 Å². The molecule has 2 heterocycles. The zero-order valence-electron chi connectivity index (χ0n) is 18.9. The summed E-state index contributed by atoms with van der Waals surface area (Å²) < 4.78 is 2.05. The Bertz CT molecular complexity index is 912. The fourth-order valence-electron chi connectivity index (χ4n) is 5.06. The van der Waals surface area contributed by atoms with Gasteiger partial charge in [-0.1, -0.05) is 69.4 Å². The lowest BCUT2D eigenvalue weighted by Crippen LogP contribution is -2.65. The van der Waals surface area contributed by atoms with Gasteiger partial charge in [-0.15, -0.1) is 0 Å². The molecule has 1 aromatic heterocycles. The Labute approximate surface area is 185 Å². The van der Waals surface area contributed by atoms with Gasteiger partial charge in [0, 0.05) is 18.3 Å². The summed E-state index contributed by atoms with van der Waals surface area (Å²) in [6.07, 6.45) is 8.78. The Morgan fingerprint density at radius 3 is 2.39 bits per heavy atom. The summed E-state index contributed by atoms with van der Waals surface area (Å²) in [4.78, 5) is 29.1. The third-order valence-electron chi connectivity index (χ3n) is 6.99. The van der Waals surface area contributed by atoms with Crippen LogP contribution in [0, 0.1) is 0 Å². The maximum Gasteiger partial charge on any atom is 0.271 e. The van der Waals surface area contributed by atoms with Gasteiger partial charge in [-0.2, -0.15) is 0 Å². The molecule has 0 spiro atoms. The van der Waals surface area contributed by atoms with Crippen molar-refractivity contribution in [2.75, 3.05) is 6.54 Å². The Hall–Kier alpha value is -2.56. The first kappa shape index (κ1) is 21.7. The van der Waals surface area contributed by atoms with Crippen molar-refractivity contribution >= 4 is 11.8 Å². The lowest BCUT2D eigenvalue weighted by Gasteiger charge is -2.45. The lowest BCUT2D eigenvalue weighted by molar-refractivity contribution is -0.133. The maximum atomic E-state index is 13.7. The molecule has 1 fully saturated rings. The molecular weight excluding hydrogens is 386 g/mol. The lowest BCUT2D eigenvalue weighted by atomic mass is 9.93. The second-order valence-corrected chi connectivity index (χ2v) is 9.30. The molecule has 1 saturated carbocycles. The third kappa shape index (κ3) is 4.28. The summed E-state index contributed by atoms with van der Waals surface area (Å²) >= 11 is 0. The highest BCUT2D eigenvalue weighted by molar-refractivity contribution is 6.00. The van der Waals surface area contributed by atoms with Crippen molar-refractivity contribution in [1.29, 1.82) is 0 Å². The van der Waals surface area contributed by atoms with Crippen LogP contribution >= 0.6 is 0 Å². The van der Waals surface area contributed by atoms with Crippen molar-refractivity contribution < 1.29 is 9.59 Å². The van der Waals surface area contributed by atoms with Crippen molar-refractivity contribution in [3.8, 4) is 11.3 Å². The summed E-state index contributed by atoms with van der Waals surface area (Å²) in [5.41, 5.74) is 1.84. The first-order valence-electron chi connectivity index (χ1n) is 11.9. The van der Waals surface area contributed by atoms with Gasteiger partial charge in [0.2, 0.25) is 5.91 Å². The highest BCUT2D eigenvalue weighted by Gasteiger charge is 2.47. The molecule has 5 heteroatoms. The Balaban J connectivity index is 1.67. The number of aromatic nitrogens is 1. The molecule has 1 atom stereocenters. The molecule has 0 radical (unpaired) electrons. The number of benzene rings is 1. The van der Waals surface area contributed by atoms with E-state index in [4.69, 9.17) is 0 Å². The van der Waals surface area contributed by atoms with Crippen molar-refractivity contribution in [2.45, 2.75) is 83.3 Å². The van der Waals surface area contributed by atoms with Gasteiger partial charge in [0.1, 0.15) is 11.2 Å². The average molecular weight is 422 g/mol. The van der Waals surface area contributed by atoms with Gasteiger partial charge in [0.25, 0.3) is 5.91 Å². The molecule has 1 aromatic carbocycles. The minimum Gasteiger partial charge on any atom is -0.351 e. The number of carbonyl (C=O) groups is 2. The molecule has 31 heavy (non-hydrogen) atoms. The van der Waals surface area contributed by atoms with Gasteiger partial charge in [-0.05, 0) is 43.9 Å². The fraction of sp³-hybridized carbons (Fsp3) is 0.538. The second kappa shape index (κ2) is 9.29. The van der Waals surface area contributed by atoms with Crippen LogP contribution in [-0.4, -0.2) is 39.4 Å². The predicted octanol–water partition coefficient (Wildman–Crippen LogP) is 5.01. The molecule has 5 nitrogen and oxygen atoms in total. The van der Waals surface area contributed by atoms with E-state index in [0.29, 0.717) is 18.8 Å². The monoisotopic (exact) mass is 421 g/mol. The van der Waals surface area contributed by atoms with E-state index in [2.05, 4.69) is 24.4 Å². The van der Waals surface area contributed by atoms with E-state index < -0.39 is 5.54 Å². The number of fused-ring (bicyclic) bond motifs is 1. The van der Waals surface area contributed by atoms with Gasteiger partial charge in [0.15, 0.2) is 0 Å². The van der Waals surface area contributed by atoms with Crippen LogP contribution in [-0.2, 0) is 11.3 Å². The predicted molar refractivity (Wildman–Crippen MR) is 124 cm³/mol. The molecule has 2 aromatic rings. The molecule has 0 unspecified atom stereocenters. The SMILES string of the molecule is CCCCN1C(=O)c2ccc(-c3ccccc3)n2C[C@@]1(C)C(=O)NC1CCCCCC1. The number of unbranched alkanes of at least 4 members (excludes halogenated alkanes) is 1. The van der Waals surface area contributed by atoms with Crippen LogP contribution in [0.25, 0.3) is 11.3 Å². The van der Waals surface area contributed by atoms with Crippen LogP contribution in [0.3, 0.4) is 0 Å². The van der Waals surface area contributed by atoms with E-state index in [0.717, 1.165) is 36.9 Å². The Kier molecular flexibility index (Phi) is 6.49. The molecule has 1 aliphatic heterocycles. The van der Waals surface area contributed by atoms with Crippen molar-refractivity contribution in [1.82, 2.24) is 14.8 Å². The van der Waals surface area contributed by atoms with E-state index in [-0.39, 0.29) is 17.9 Å². The van der Waals surface area contributed by atoms with Crippen LogP contribution in [0.15, 0.2) is 42.5 Å². The quantitative estimate of drug-likeness (QED) is 0.667. The first-order chi connectivity index (χ1) is 15.0. The Morgan fingerprint density at radius 2 is 1.71 bits per heavy atom. The highest BCUT2D eigenvalue weighted by atomic mass is 16.2. The number of carbonyl (C=O) groups excluding carboxylic acids is 2. The minimum atomic E-state index is -0.895. The van der Waals surface area contributed by atoms with Crippen molar-refractivity contribution in [2.24, 2.45) is 0 Å². The molecule has 1 aliphatic carbocycles. The summed E-state index contributed by atoms with van der Waals surface area (Å²) in [7, 11) is 0. The summed E-state index contributed by atoms with van der Waals surface area (Å²) in [5, 5.41) is 3.33. The Morgan fingerprint density at radius 1 is 1.03 bits per heavy atom.